The first-order valence-electron chi connectivity index (χ1n) is 6.03. The van der Waals surface area contributed by atoms with Gasteiger partial charge in [0.25, 0.3) is 0 Å². The van der Waals surface area contributed by atoms with E-state index in [1.54, 1.807) is 6.92 Å². The Labute approximate surface area is 102 Å². The predicted octanol–water partition coefficient (Wildman–Crippen LogP) is -0.192. The third-order valence-corrected chi connectivity index (χ3v) is 2.69. The van der Waals surface area contributed by atoms with Crippen molar-refractivity contribution in [3.63, 3.8) is 0 Å². The molecule has 1 heterocycles. The lowest BCUT2D eigenvalue weighted by Crippen LogP contribution is -2.39. The van der Waals surface area contributed by atoms with Crippen LogP contribution >= 0.6 is 0 Å². The highest BCUT2D eigenvalue weighted by atomic mass is 16.5. The van der Waals surface area contributed by atoms with Crippen LogP contribution in [0.2, 0.25) is 0 Å². The maximum absolute atomic E-state index is 11.2. The highest BCUT2D eigenvalue weighted by molar-refractivity contribution is 5.92. The van der Waals surface area contributed by atoms with Crippen molar-refractivity contribution in [1.82, 2.24) is 10.6 Å². The third kappa shape index (κ3) is 5.81. The second-order valence-electron chi connectivity index (χ2n) is 4.41. The van der Waals surface area contributed by atoms with Gasteiger partial charge in [0.15, 0.2) is 0 Å². The summed E-state index contributed by atoms with van der Waals surface area (Å²) in [6, 6.07) is 0. The van der Waals surface area contributed by atoms with E-state index in [-0.39, 0.29) is 18.1 Å². The Balaban J connectivity index is 2.00. The zero-order valence-corrected chi connectivity index (χ0v) is 10.4. The fraction of sp³-hybridized carbons (Fsp3) is 0.750. The number of nitrogens with one attached hydrogen (secondary N) is 2. The molecule has 5 heteroatoms. The van der Waals surface area contributed by atoms with Crippen LogP contribution < -0.4 is 10.6 Å². The largest absolute Gasteiger partial charge is 0.393 e. The summed E-state index contributed by atoms with van der Waals surface area (Å²) < 4.78 is 5.49. The van der Waals surface area contributed by atoms with Crippen LogP contribution in [0.5, 0.6) is 0 Å². The summed E-state index contributed by atoms with van der Waals surface area (Å²) in [5, 5.41) is 15.4. The quantitative estimate of drug-likeness (QED) is 0.446. The first-order chi connectivity index (χ1) is 8.09. The Morgan fingerprint density at radius 1 is 1.53 bits per heavy atom. The van der Waals surface area contributed by atoms with Crippen molar-refractivity contribution in [1.29, 1.82) is 0 Å². The fourth-order valence-electron chi connectivity index (χ4n) is 1.68. The number of rotatable bonds is 6. The minimum atomic E-state index is -0.237. The van der Waals surface area contributed by atoms with Gasteiger partial charge >= 0.3 is 0 Å². The highest BCUT2D eigenvalue weighted by Crippen LogP contribution is 2.12. The topological polar surface area (TPSA) is 70.6 Å². The van der Waals surface area contributed by atoms with Gasteiger partial charge in [-0.1, -0.05) is 6.58 Å². The minimum absolute atomic E-state index is 0.0793. The van der Waals surface area contributed by atoms with Gasteiger partial charge in [-0.05, 0) is 13.3 Å². The van der Waals surface area contributed by atoms with Crippen LogP contribution in [0.3, 0.4) is 0 Å². The Kier molecular flexibility index (Phi) is 6.18. The lowest BCUT2D eigenvalue weighted by atomic mass is 10.1. The molecule has 3 N–H and O–H groups in total. The molecule has 98 valence electrons. The number of aliphatic hydroxyl groups is 1. The molecular formula is C12H22N2O3. The predicted molar refractivity (Wildman–Crippen MR) is 65.7 cm³/mol. The zero-order valence-electron chi connectivity index (χ0n) is 10.4. The molecule has 1 rings (SSSR count). The standard InChI is InChI=1S/C12H22N2O3/c1-9(2)12(16)14-5-4-13-8-11-7-10(15)3-6-17-11/h10-11,13,15H,1,3-8H2,2H3,(H,14,16). The second kappa shape index (κ2) is 7.42. The van der Waals surface area contributed by atoms with Crippen molar-refractivity contribution >= 4 is 5.91 Å². The van der Waals surface area contributed by atoms with Crippen molar-refractivity contribution in [2.24, 2.45) is 0 Å². The van der Waals surface area contributed by atoms with E-state index >= 15 is 0 Å². The van der Waals surface area contributed by atoms with Crippen LogP contribution in [-0.2, 0) is 9.53 Å². The van der Waals surface area contributed by atoms with Gasteiger partial charge in [-0.3, -0.25) is 4.79 Å². The molecule has 0 bridgehead atoms. The highest BCUT2D eigenvalue weighted by Gasteiger charge is 2.19. The van der Waals surface area contributed by atoms with Crippen LogP contribution in [0.15, 0.2) is 12.2 Å². The van der Waals surface area contributed by atoms with Gasteiger partial charge in [0.2, 0.25) is 5.91 Å². The van der Waals surface area contributed by atoms with Crippen LogP contribution in [0.1, 0.15) is 19.8 Å². The maximum atomic E-state index is 11.2. The lowest BCUT2D eigenvalue weighted by Gasteiger charge is -2.26. The smallest absolute Gasteiger partial charge is 0.246 e. The molecule has 1 saturated heterocycles. The fourth-order valence-corrected chi connectivity index (χ4v) is 1.68. The monoisotopic (exact) mass is 242 g/mol. The molecule has 17 heavy (non-hydrogen) atoms. The summed E-state index contributed by atoms with van der Waals surface area (Å²) in [7, 11) is 0. The molecule has 0 aliphatic carbocycles. The summed E-state index contributed by atoms with van der Waals surface area (Å²) in [5.41, 5.74) is 0.517. The molecule has 1 amide bonds. The summed E-state index contributed by atoms with van der Waals surface area (Å²) in [6.07, 6.45) is 1.25. The number of hydrogen-bond donors (Lipinski definition) is 3. The van der Waals surface area contributed by atoms with Gasteiger partial charge in [0, 0.05) is 38.2 Å². The van der Waals surface area contributed by atoms with Crippen LogP contribution in [0, 0.1) is 0 Å². The number of aliphatic hydroxyl groups excluding tert-OH is 1. The molecule has 0 aromatic heterocycles. The average molecular weight is 242 g/mol. The van der Waals surface area contributed by atoms with E-state index in [2.05, 4.69) is 17.2 Å². The number of carbonyl (C=O) groups excluding carboxylic acids is 1. The summed E-state index contributed by atoms with van der Waals surface area (Å²) in [5.74, 6) is -0.115. The van der Waals surface area contributed by atoms with Gasteiger partial charge < -0.3 is 20.5 Å². The zero-order chi connectivity index (χ0) is 12.7. The maximum Gasteiger partial charge on any atom is 0.246 e. The van der Waals surface area contributed by atoms with Crippen molar-refractivity contribution in [3.05, 3.63) is 12.2 Å². The van der Waals surface area contributed by atoms with E-state index in [1.165, 1.54) is 0 Å². The molecule has 0 radical (unpaired) electrons. The van der Waals surface area contributed by atoms with Crippen molar-refractivity contribution in [3.8, 4) is 0 Å². The van der Waals surface area contributed by atoms with E-state index in [0.717, 1.165) is 6.42 Å². The Morgan fingerprint density at radius 2 is 2.29 bits per heavy atom. The van der Waals surface area contributed by atoms with Crippen molar-refractivity contribution in [2.45, 2.75) is 32.0 Å². The summed E-state index contributed by atoms with van der Waals surface area (Å²) in [6.45, 7) is 7.83. The molecule has 1 aliphatic rings. The van der Waals surface area contributed by atoms with Gasteiger partial charge in [0.05, 0.1) is 12.2 Å². The average Bonchev–Trinajstić information content (AvgIpc) is 2.28. The van der Waals surface area contributed by atoms with Gasteiger partial charge in [0.1, 0.15) is 0 Å². The number of ether oxygens (including phenoxy) is 1. The normalized spacial score (nSPS) is 24.4. The minimum Gasteiger partial charge on any atom is -0.393 e. The second-order valence-corrected chi connectivity index (χ2v) is 4.41. The molecule has 0 aromatic carbocycles. The molecular weight excluding hydrogens is 220 g/mol. The molecule has 1 fully saturated rings. The summed E-state index contributed by atoms with van der Waals surface area (Å²) >= 11 is 0. The van der Waals surface area contributed by atoms with Gasteiger partial charge in [-0.2, -0.15) is 0 Å². The van der Waals surface area contributed by atoms with Gasteiger partial charge in [-0.25, -0.2) is 0 Å². The molecule has 5 nitrogen and oxygen atoms in total. The van der Waals surface area contributed by atoms with Crippen molar-refractivity contribution in [2.75, 3.05) is 26.2 Å². The summed E-state index contributed by atoms with van der Waals surface area (Å²) in [4.78, 5) is 11.2. The first-order valence-corrected chi connectivity index (χ1v) is 6.03. The van der Waals surface area contributed by atoms with E-state index in [1.807, 2.05) is 0 Å². The number of hydrogen-bond acceptors (Lipinski definition) is 4. The SMILES string of the molecule is C=C(C)C(=O)NCCNCC1CC(O)CCO1. The number of carbonyl (C=O) groups is 1. The van der Waals surface area contributed by atoms with E-state index in [4.69, 9.17) is 4.74 Å². The first kappa shape index (κ1) is 14.2. The molecule has 2 atom stereocenters. The molecule has 2 unspecified atom stereocenters. The van der Waals surface area contributed by atoms with E-state index in [0.29, 0.717) is 38.2 Å². The molecule has 1 aliphatic heterocycles. The molecule has 0 spiro atoms. The van der Waals surface area contributed by atoms with Gasteiger partial charge in [-0.15, -0.1) is 0 Å². The van der Waals surface area contributed by atoms with Crippen LogP contribution in [0.25, 0.3) is 0 Å². The molecule has 0 aromatic rings. The van der Waals surface area contributed by atoms with Crippen LogP contribution in [-0.4, -0.2) is 49.5 Å². The van der Waals surface area contributed by atoms with Crippen LogP contribution in [0.4, 0.5) is 0 Å². The van der Waals surface area contributed by atoms with E-state index < -0.39 is 0 Å². The third-order valence-electron chi connectivity index (χ3n) is 2.69. The van der Waals surface area contributed by atoms with E-state index in [9.17, 15) is 9.90 Å². The Morgan fingerprint density at radius 3 is 2.94 bits per heavy atom. The molecule has 0 saturated carbocycles. The Bertz CT molecular complexity index is 268. The lowest BCUT2D eigenvalue weighted by molar-refractivity contribution is -0.117. The van der Waals surface area contributed by atoms with Crippen molar-refractivity contribution < 1.29 is 14.6 Å². The Hall–Kier alpha value is -0.910. The number of amides is 1.